The van der Waals surface area contributed by atoms with E-state index in [2.05, 4.69) is 46.7 Å². The zero-order chi connectivity index (χ0) is 21.3. The summed E-state index contributed by atoms with van der Waals surface area (Å²) in [6, 6.07) is 5.41. The Morgan fingerprint density at radius 2 is 1.70 bits per heavy atom. The molecule has 0 atom stereocenters. The molecule has 2 fully saturated rings. The van der Waals surface area contributed by atoms with Crippen molar-refractivity contribution in [1.82, 2.24) is 19.9 Å². The van der Waals surface area contributed by atoms with E-state index in [4.69, 9.17) is 14.2 Å². The maximum Gasteiger partial charge on any atom is 0.266 e. The van der Waals surface area contributed by atoms with Crippen molar-refractivity contribution in [2.75, 3.05) is 51.3 Å². The average molecular weight is 414 g/mol. The normalized spacial score (nSPS) is 19.6. The number of anilines is 1. The van der Waals surface area contributed by atoms with E-state index in [-0.39, 0.29) is 0 Å². The van der Waals surface area contributed by atoms with Gasteiger partial charge in [-0.2, -0.15) is 4.98 Å². The molecule has 164 valence electrons. The van der Waals surface area contributed by atoms with Crippen molar-refractivity contribution in [2.24, 2.45) is 0 Å². The number of rotatable bonds is 5. The van der Waals surface area contributed by atoms with Crippen molar-refractivity contribution in [3.8, 4) is 17.2 Å². The standard InChI is InChI=1S/C23H35N5O2/c1-16(2)26-10-12-27(13-11-26)19-6-8-28(9-7-19)23-24-22(30-25-23)20-15-21(29-5)18(4)14-17(20)3/h14-16,19H,6-13H2,1-5H3. The Labute approximate surface area is 180 Å². The molecule has 4 rings (SSSR count). The molecule has 3 heterocycles. The van der Waals surface area contributed by atoms with Crippen LogP contribution in [0.15, 0.2) is 16.7 Å². The van der Waals surface area contributed by atoms with Crippen molar-refractivity contribution in [3.05, 3.63) is 23.3 Å². The lowest BCUT2D eigenvalue weighted by Crippen LogP contribution is -2.54. The van der Waals surface area contributed by atoms with Crippen LogP contribution in [0.4, 0.5) is 5.95 Å². The Bertz CT molecular complexity index is 849. The number of hydrogen-bond donors (Lipinski definition) is 0. The molecule has 0 amide bonds. The monoisotopic (exact) mass is 413 g/mol. The molecule has 0 spiro atoms. The summed E-state index contributed by atoms with van der Waals surface area (Å²) in [5, 5.41) is 4.28. The van der Waals surface area contributed by atoms with E-state index in [9.17, 15) is 0 Å². The van der Waals surface area contributed by atoms with Crippen LogP contribution in [-0.4, -0.2) is 78.4 Å². The highest BCUT2D eigenvalue weighted by Gasteiger charge is 2.29. The largest absolute Gasteiger partial charge is 0.496 e. The third-order valence-corrected chi connectivity index (χ3v) is 6.73. The first-order chi connectivity index (χ1) is 14.5. The summed E-state index contributed by atoms with van der Waals surface area (Å²) in [5.41, 5.74) is 3.16. The Hall–Kier alpha value is -2.12. The van der Waals surface area contributed by atoms with Crippen LogP contribution in [0, 0.1) is 13.8 Å². The smallest absolute Gasteiger partial charge is 0.266 e. The van der Waals surface area contributed by atoms with Crippen LogP contribution >= 0.6 is 0 Å². The Morgan fingerprint density at radius 1 is 1.00 bits per heavy atom. The fourth-order valence-corrected chi connectivity index (χ4v) is 4.79. The van der Waals surface area contributed by atoms with Crippen LogP contribution in [0.3, 0.4) is 0 Å². The van der Waals surface area contributed by atoms with E-state index < -0.39 is 0 Å². The predicted octanol–water partition coefficient (Wildman–Crippen LogP) is 3.36. The molecule has 2 aromatic rings. The quantitative estimate of drug-likeness (QED) is 0.745. The van der Waals surface area contributed by atoms with Crippen molar-refractivity contribution in [1.29, 1.82) is 0 Å². The first-order valence-electron chi connectivity index (χ1n) is 11.2. The molecule has 30 heavy (non-hydrogen) atoms. The molecule has 0 N–H and O–H groups in total. The number of aromatic nitrogens is 2. The molecule has 2 saturated heterocycles. The van der Waals surface area contributed by atoms with Crippen LogP contribution in [0.1, 0.15) is 37.8 Å². The lowest BCUT2D eigenvalue weighted by atomic mass is 10.0. The molecule has 0 unspecified atom stereocenters. The first-order valence-corrected chi connectivity index (χ1v) is 11.2. The number of methoxy groups -OCH3 is 1. The fraction of sp³-hybridized carbons (Fsp3) is 0.652. The number of piperidine rings is 1. The van der Waals surface area contributed by atoms with Gasteiger partial charge in [0.1, 0.15) is 5.75 Å². The maximum absolute atomic E-state index is 5.63. The molecule has 7 nitrogen and oxygen atoms in total. The van der Waals surface area contributed by atoms with E-state index in [1.807, 2.05) is 13.0 Å². The lowest BCUT2D eigenvalue weighted by Gasteiger charge is -2.43. The van der Waals surface area contributed by atoms with Crippen LogP contribution in [0.25, 0.3) is 11.5 Å². The van der Waals surface area contributed by atoms with Gasteiger partial charge < -0.3 is 14.2 Å². The lowest BCUT2D eigenvalue weighted by molar-refractivity contribution is 0.0691. The van der Waals surface area contributed by atoms with Gasteiger partial charge in [0.2, 0.25) is 0 Å². The summed E-state index contributed by atoms with van der Waals surface area (Å²) in [6.07, 6.45) is 2.31. The number of nitrogens with zero attached hydrogens (tertiary/aromatic N) is 5. The minimum absolute atomic E-state index is 0.563. The molecule has 0 saturated carbocycles. The number of piperazine rings is 1. The third-order valence-electron chi connectivity index (χ3n) is 6.73. The number of ether oxygens (including phenoxy) is 1. The second-order valence-electron chi connectivity index (χ2n) is 8.92. The molecule has 1 aromatic heterocycles. The maximum atomic E-state index is 5.63. The Morgan fingerprint density at radius 3 is 2.33 bits per heavy atom. The summed E-state index contributed by atoms with van der Waals surface area (Å²) in [7, 11) is 1.69. The second kappa shape index (κ2) is 8.94. The van der Waals surface area contributed by atoms with Crippen LogP contribution in [-0.2, 0) is 0 Å². The van der Waals surface area contributed by atoms with Crippen molar-refractivity contribution < 1.29 is 9.26 Å². The van der Waals surface area contributed by atoms with Gasteiger partial charge in [-0.15, -0.1) is 0 Å². The van der Waals surface area contributed by atoms with Gasteiger partial charge in [-0.1, -0.05) is 6.07 Å². The van der Waals surface area contributed by atoms with Gasteiger partial charge in [-0.25, -0.2) is 0 Å². The molecule has 0 radical (unpaired) electrons. The predicted molar refractivity (Wildman–Crippen MR) is 119 cm³/mol. The Balaban J connectivity index is 1.37. The fourth-order valence-electron chi connectivity index (χ4n) is 4.79. The van der Waals surface area contributed by atoms with Gasteiger partial charge in [0.25, 0.3) is 11.8 Å². The summed E-state index contributed by atoms with van der Waals surface area (Å²) < 4.78 is 11.1. The zero-order valence-corrected chi connectivity index (χ0v) is 19.0. The Kier molecular flexibility index (Phi) is 6.29. The molecular weight excluding hydrogens is 378 g/mol. The topological polar surface area (TPSA) is 57.9 Å². The van der Waals surface area contributed by atoms with Gasteiger partial charge >= 0.3 is 0 Å². The van der Waals surface area contributed by atoms with Gasteiger partial charge in [0.05, 0.1) is 7.11 Å². The first kappa shape index (κ1) is 21.1. The van der Waals surface area contributed by atoms with Crippen molar-refractivity contribution >= 4 is 5.95 Å². The summed E-state index contributed by atoms with van der Waals surface area (Å²) >= 11 is 0. The van der Waals surface area contributed by atoms with Gasteiger partial charge in [0, 0.05) is 56.9 Å². The molecule has 2 aliphatic rings. The summed E-state index contributed by atoms with van der Waals surface area (Å²) in [6.45, 7) is 15.4. The second-order valence-corrected chi connectivity index (χ2v) is 8.92. The van der Waals surface area contributed by atoms with Crippen molar-refractivity contribution in [3.63, 3.8) is 0 Å². The van der Waals surface area contributed by atoms with Gasteiger partial charge in [-0.3, -0.25) is 9.80 Å². The number of aryl methyl sites for hydroxylation is 2. The highest BCUT2D eigenvalue weighted by Crippen LogP contribution is 2.31. The number of benzene rings is 1. The zero-order valence-electron chi connectivity index (χ0n) is 19.0. The van der Waals surface area contributed by atoms with Gasteiger partial charge in [0.15, 0.2) is 0 Å². The van der Waals surface area contributed by atoms with Gasteiger partial charge in [-0.05, 0) is 62.9 Å². The van der Waals surface area contributed by atoms with Crippen LogP contribution in [0.5, 0.6) is 5.75 Å². The van der Waals surface area contributed by atoms with Crippen LogP contribution < -0.4 is 9.64 Å². The average Bonchev–Trinajstić information content (AvgIpc) is 3.24. The molecule has 7 heteroatoms. The van der Waals surface area contributed by atoms with E-state index >= 15 is 0 Å². The number of hydrogen-bond acceptors (Lipinski definition) is 7. The van der Waals surface area contributed by atoms with Crippen LogP contribution in [0.2, 0.25) is 0 Å². The SMILES string of the molecule is COc1cc(-c2nc(N3CCC(N4CCN(C(C)C)CC4)CC3)no2)c(C)cc1C. The van der Waals surface area contributed by atoms with E-state index in [0.717, 1.165) is 48.4 Å². The molecule has 0 bridgehead atoms. The van der Waals surface area contributed by atoms with Crippen molar-refractivity contribution in [2.45, 2.75) is 52.6 Å². The molecule has 2 aliphatic heterocycles. The molecule has 0 aliphatic carbocycles. The summed E-state index contributed by atoms with van der Waals surface area (Å²) in [5.74, 6) is 2.11. The van der Waals surface area contributed by atoms with E-state index in [0.29, 0.717) is 23.9 Å². The molecule has 1 aromatic carbocycles. The summed E-state index contributed by atoms with van der Waals surface area (Å²) in [4.78, 5) is 12.2. The highest BCUT2D eigenvalue weighted by atomic mass is 16.5. The minimum atomic E-state index is 0.563. The third kappa shape index (κ3) is 4.32. The van der Waals surface area contributed by atoms with E-state index in [1.54, 1.807) is 7.11 Å². The highest BCUT2D eigenvalue weighted by molar-refractivity contribution is 5.63. The van der Waals surface area contributed by atoms with E-state index in [1.165, 1.54) is 26.2 Å². The molecular formula is C23H35N5O2. The minimum Gasteiger partial charge on any atom is -0.496 e.